The van der Waals surface area contributed by atoms with Crippen molar-refractivity contribution in [3.8, 4) is 0 Å². The summed E-state index contributed by atoms with van der Waals surface area (Å²) >= 11 is 0. The quantitative estimate of drug-likeness (QED) is 0.287. The molecule has 1 rings (SSSR count). The minimum Gasteiger partial charge on any atom is -0.395 e. The summed E-state index contributed by atoms with van der Waals surface area (Å²) in [5.74, 6) is 0.256. The first kappa shape index (κ1) is 9.62. The minimum atomic E-state index is 0.0704. The molecule has 72 valence electrons. The van der Waals surface area contributed by atoms with Crippen molar-refractivity contribution in [1.82, 2.24) is 15.6 Å². The average molecular weight is 185 g/mol. The number of nitrogens with one attached hydrogen (secondary N) is 1. The highest BCUT2D eigenvalue weighted by Gasteiger charge is 2.01. The Morgan fingerprint density at radius 1 is 1.77 bits per heavy atom. The summed E-state index contributed by atoms with van der Waals surface area (Å²) in [6.45, 7) is 0.883. The van der Waals surface area contributed by atoms with E-state index in [2.05, 4.69) is 25.3 Å². The molecule has 0 aliphatic carbocycles. The molecule has 0 saturated carbocycles. The highest BCUT2D eigenvalue weighted by molar-refractivity contribution is 5.95. The maximum atomic E-state index is 8.44. The molecule has 0 unspecified atom stereocenters. The van der Waals surface area contributed by atoms with Gasteiger partial charge < -0.3 is 10.8 Å². The van der Waals surface area contributed by atoms with Crippen LogP contribution in [0.25, 0.3) is 0 Å². The summed E-state index contributed by atoms with van der Waals surface area (Å²) in [6, 6.07) is 0. The van der Waals surface area contributed by atoms with E-state index < -0.39 is 0 Å². The summed E-state index contributed by atoms with van der Waals surface area (Å²) in [5, 5.41) is 18.1. The number of aliphatic hydroxyl groups is 1. The van der Waals surface area contributed by atoms with Crippen molar-refractivity contribution < 1.29 is 9.74 Å². The molecule has 7 nitrogen and oxygen atoms in total. The maximum Gasteiger partial charge on any atom is 0.169 e. The van der Waals surface area contributed by atoms with Gasteiger partial charge in [0, 0.05) is 6.54 Å². The normalized spacial score (nSPS) is 11.9. The molecular weight excluding hydrogens is 174 g/mol. The van der Waals surface area contributed by atoms with Gasteiger partial charge in [0.1, 0.15) is 6.20 Å². The standard InChI is InChI=1S/C6H11N5O2/c7-6(5-3-10-13-11-5)9-4-8-1-2-12/h3,8,12H,1-2,4H2,(H2,7,9). The van der Waals surface area contributed by atoms with Gasteiger partial charge in [0.2, 0.25) is 0 Å². The number of hydrogen-bond donors (Lipinski definition) is 3. The zero-order chi connectivity index (χ0) is 9.52. The Labute approximate surface area is 74.6 Å². The lowest BCUT2D eigenvalue weighted by molar-refractivity contribution is 0.293. The van der Waals surface area contributed by atoms with Crippen molar-refractivity contribution in [3.63, 3.8) is 0 Å². The van der Waals surface area contributed by atoms with Gasteiger partial charge in [-0.25, -0.2) is 4.63 Å². The molecule has 0 aromatic carbocycles. The topological polar surface area (TPSA) is 110 Å². The molecule has 0 radical (unpaired) electrons. The summed E-state index contributed by atoms with van der Waals surface area (Å²) < 4.78 is 4.34. The third kappa shape index (κ3) is 3.18. The Morgan fingerprint density at radius 3 is 3.23 bits per heavy atom. The van der Waals surface area contributed by atoms with E-state index in [1.807, 2.05) is 0 Å². The molecule has 0 aliphatic heterocycles. The SMILES string of the molecule is NC(=NCNCCO)c1cnon1. The number of amidine groups is 1. The molecule has 1 aromatic heterocycles. The number of nitrogens with two attached hydrogens (primary N) is 1. The van der Waals surface area contributed by atoms with Gasteiger partial charge in [-0.15, -0.1) is 0 Å². The monoisotopic (exact) mass is 185 g/mol. The zero-order valence-electron chi connectivity index (χ0n) is 6.97. The van der Waals surface area contributed by atoms with Crippen molar-refractivity contribution in [2.24, 2.45) is 10.7 Å². The summed E-state index contributed by atoms with van der Waals surface area (Å²) in [7, 11) is 0. The van der Waals surface area contributed by atoms with Gasteiger partial charge in [-0.2, -0.15) is 0 Å². The lowest BCUT2D eigenvalue weighted by atomic mass is 10.4. The predicted molar refractivity (Wildman–Crippen MR) is 45.0 cm³/mol. The lowest BCUT2D eigenvalue weighted by Crippen LogP contribution is -2.22. The number of aromatic nitrogens is 2. The van der Waals surface area contributed by atoms with Crippen LogP contribution in [0, 0.1) is 0 Å². The molecule has 7 heteroatoms. The van der Waals surface area contributed by atoms with Crippen LogP contribution in [-0.4, -0.2) is 41.1 Å². The minimum absolute atomic E-state index is 0.0704. The van der Waals surface area contributed by atoms with Gasteiger partial charge in [0.05, 0.1) is 13.3 Å². The van der Waals surface area contributed by atoms with Gasteiger partial charge in [0.25, 0.3) is 0 Å². The molecule has 1 heterocycles. The van der Waals surface area contributed by atoms with Crippen LogP contribution in [0.2, 0.25) is 0 Å². The van der Waals surface area contributed by atoms with E-state index in [9.17, 15) is 0 Å². The summed E-state index contributed by atoms with van der Waals surface area (Å²) in [4.78, 5) is 3.91. The molecule has 0 aliphatic rings. The van der Waals surface area contributed by atoms with Crippen LogP contribution < -0.4 is 11.1 Å². The summed E-state index contributed by atoms with van der Waals surface area (Å²) in [5.41, 5.74) is 5.91. The first-order chi connectivity index (χ1) is 6.34. The second-order valence-corrected chi connectivity index (χ2v) is 2.22. The van der Waals surface area contributed by atoms with E-state index in [4.69, 9.17) is 10.8 Å². The van der Waals surface area contributed by atoms with Crippen LogP contribution >= 0.6 is 0 Å². The van der Waals surface area contributed by atoms with E-state index in [1.165, 1.54) is 6.20 Å². The Bertz CT molecular complexity index is 258. The third-order valence-corrected chi connectivity index (χ3v) is 1.27. The highest BCUT2D eigenvalue weighted by atomic mass is 16.6. The van der Waals surface area contributed by atoms with E-state index in [1.54, 1.807) is 0 Å². The number of aliphatic imine (C=N–C) groups is 1. The average Bonchev–Trinajstić information content (AvgIpc) is 2.65. The Kier molecular flexibility index (Phi) is 3.86. The van der Waals surface area contributed by atoms with Crippen molar-refractivity contribution in [2.45, 2.75) is 0 Å². The van der Waals surface area contributed by atoms with Crippen molar-refractivity contribution >= 4 is 5.84 Å². The van der Waals surface area contributed by atoms with Gasteiger partial charge in [0.15, 0.2) is 11.5 Å². The number of nitrogens with zero attached hydrogens (tertiary/aromatic N) is 3. The van der Waals surface area contributed by atoms with Gasteiger partial charge in [-0.1, -0.05) is 5.16 Å². The number of aliphatic hydroxyl groups excluding tert-OH is 1. The molecule has 13 heavy (non-hydrogen) atoms. The van der Waals surface area contributed by atoms with Crippen LogP contribution in [-0.2, 0) is 0 Å². The zero-order valence-corrected chi connectivity index (χ0v) is 6.97. The van der Waals surface area contributed by atoms with E-state index in [0.717, 1.165) is 0 Å². The van der Waals surface area contributed by atoms with Crippen molar-refractivity contribution in [1.29, 1.82) is 0 Å². The van der Waals surface area contributed by atoms with E-state index in [-0.39, 0.29) is 12.4 Å². The Morgan fingerprint density at radius 2 is 2.62 bits per heavy atom. The second-order valence-electron chi connectivity index (χ2n) is 2.22. The molecule has 0 amide bonds. The van der Waals surface area contributed by atoms with E-state index in [0.29, 0.717) is 18.9 Å². The lowest BCUT2D eigenvalue weighted by Gasteiger charge is -1.97. The first-order valence-corrected chi connectivity index (χ1v) is 3.74. The molecule has 0 saturated heterocycles. The predicted octanol–water partition coefficient (Wildman–Crippen LogP) is -1.69. The van der Waals surface area contributed by atoms with Gasteiger partial charge in [-0.3, -0.25) is 10.3 Å². The number of rotatable bonds is 5. The van der Waals surface area contributed by atoms with Crippen molar-refractivity contribution in [2.75, 3.05) is 19.8 Å². The third-order valence-electron chi connectivity index (χ3n) is 1.27. The van der Waals surface area contributed by atoms with E-state index >= 15 is 0 Å². The van der Waals surface area contributed by atoms with Crippen LogP contribution in [0.1, 0.15) is 5.69 Å². The Hall–Kier alpha value is -1.47. The largest absolute Gasteiger partial charge is 0.395 e. The fourth-order valence-corrected chi connectivity index (χ4v) is 0.658. The van der Waals surface area contributed by atoms with Crippen LogP contribution in [0.4, 0.5) is 0 Å². The van der Waals surface area contributed by atoms with Crippen LogP contribution in [0.15, 0.2) is 15.8 Å². The first-order valence-electron chi connectivity index (χ1n) is 3.74. The smallest absolute Gasteiger partial charge is 0.169 e. The second kappa shape index (κ2) is 5.22. The maximum absolute atomic E-state index is 8.44. The molecule has 0 atom stereocenters. The fourth-order valence-electron chi connectivity index (χ4n) is 0.658. The molecule has 1 aromatic rings. The van der Waals surface area contributed by atoms with Gasteiger partial charge >= 0.3 is 0 Å². The van der Waals surface area contributed by atoms with Crippen LogP contribution in [0.5, 0.6) is 0 Å². The molecule has 4 N–H and O–H groups in total. The Balaban J connectivity index is 2.35. The molecule has 0 bridgehead atoms. The molecule has 0 spiro atoms. The molecule has 0 fully saturated rings. The summed E-state index contributed by atoms with van der Waals surface area (Å²) in [6.07, 6.45) is 1.38. The number of hydrogen-bond acceptors (Lipinski definition) is 6. The molecular formula is C6H11N5O2. The van der Waals surface area contributed by atoms with Crippen molar-refractivity contribution in [3.05, 3.63) is 11.9 Å². The van der Waals surface area contributed by atoms with Crippen LogP contribution in [0.3, 0.4) is 0 Å². The highest BCUT2D eigenvalue weighted by Crippen LogP contribution is 1.88. The van der Waals surface area contributed by atoms with Gasteiger partial charge in [-0.05, 0) is 5.16 Å². The fraction of sp³-hybridized carbons (Fsp3) is 0.500.